The minimum Gasteiger partial charge on any atom is -0.321 e. The molecule has 86 valence electrons. The lowest BCUT2D eigenvalue weighted by atomic mass is 10.3. The van der Waals surface area contributed by atoms with Crippen molar-refractivity contribution in [3.05, 3.63) is 41.0 Å². The highest BCUT2D eigenvalue weighted by Crippen LogP contribution is 2.08. The Kier molecular flexibility index (Phi) is 2.73. The molecule has 2 heterocycles. The maximum atomic E-state index is 4.23. The van der Waals surface area contributed by atoms with Gasteiger partial charge in [0.05, 0.1) is 12.7 Å². The average molecular weight is 218 g/mol. The Bertz CT molecular complexity index is 474. The Morgan fingerprint density at radius 2 is 1.81 bits per heavy atom. The van der Waals surface area contributed by atoms with Crippen molar-refractivity contribution in [3.8, 4) is 0 Å². The van der Waals surface area contributed by atoms with Gasteiger partial charge in [0.25, 0.3) is 0 Å². The molecular weight excluding hydrogens is 200 g/mol. The smallest absolute Gasteiger partial charge is 0.0598 e. The number of aromatic nitrogens is 3. The summed E-state index contributed by atoms with van der Waals surface area (Å²) in [5.41, 5.74) is 8.27. The Morgan fingerprint density at radius 3 is 2.31 bits per heavy atom. The number of aryl methyl sites for hydroxylation is 3. The number of hydrogen-bond acceptors (Lipinski definition) is 2. The van der Waals surface area contributed by atoms with E-state index >= 15 is 0 Å². The third-order valence-electron chi connectivity index (χ3n) is 3.04. The van der Waals surface area contributed by atoms with E-state index in [-0.39, 0.29) is 0 Å². The van der Waals surface area contributed by atoms with E-state index in [2.05, 4.69) is 48.1 Å². The van der Waals surface area contributed by atoms with Crippen molar-refractivity contribution in [2.75, 3.05) is 5.43 Å². The van der Waals surface area contributed by atoms with E-state index < -0.39 is 0 Å². The van der Waals surface area contributed by atoms with Crippen LogP contribution in [-0.2, 0) is 13.6 Å². The summed E-state index contributed by atoms with van der Waals surface area (Å²) in [6.07, 6.45) is 1.91. The van der Waals surface area contributed by atoms with Gasteiger partial charge in [0.2, 0.25) is 0 Å². The van der Waals surface area contributed by atoms with Gasteiger partial charge < -0.3 is 5.43 Å². The van der Waals surface area contributed by atoms with E-state index in [1.165, 1.54) is 22.6 Å². The monoisotopic (exact) mass is 218 g/mol. The average Bonchev–Trinajstić information content (AvgIpc) is 2.73. The third kappa shape index (κ3) is 1.83. The van der Waals surface area contributed by atoms with Gasteiger partial charge in [-0.2, -0.15) is 5.10 Å². The summed E-state index contributed by atoms with van der Waals surface area (Å²) in [7, 11) is 1.96. The van der Waals surface area contributed by atoms with Crippen molar-refractivity contribution in [1.29, 1.82) is 0 Å². The van der Waals surface area contributed by atoms with Gasteiger partial charge in [-0.15, -0.1) is 0 Å². The molecule has 2 rings (SSSR count). The molecule has 0 atom stereocenters. The molecule has 16 heavy (non-hydrogen) atoms. The number of hydrogen-bond donors (Lipinski definition) is 1. The maximum absolute atomic E-state index is 4.23. The maximum Gasteiger partial charge on any atom is 0.0598 e. The molecule has 0 aliphatic rings. The SMILES string of the molecule is Cc1c(CNn2c(C)ccc2C)cnn1C. The van der Waals surface area contributed by atoms with Gasteiger partial charge in [0.15, 0.2) is 0 Å². The molecule has 1 N–H and O–H groups in total. The molecule has 4 heteroatoms. The van der Waals surface area contributed by atoms with Crippen LogP contribution in [0.1, 0.15) is 22.6 Å². The number of nitrogens with one attached hydrogen (secondary N) is 1. The lowest BCUT2D eigenvalue weighted by Crippen LogP contribution is -2.17. The first-order valence-corrected chi connectivity index (χ1v) is 5.46. The van der Waals surface area contributed by atoms with Gasteiger partial charge in [-0.3, -0.25) is 9.36 Å². The molecule has 0 aliphatic heterocycles. The topological polar surface area (TPSA) is 34.8 Å². The lowest BCUT2D eigenvalue weighted by molar-refractivity contribution is 0.735. The first-order valence-electron chi connectivity index (χ1n) is 5.46. The summed E-state index contributed by atoms with van der Waals surface area (Å²) in [6.45, 7) is 7.07. The molecule has 0 bridgehead atoms. The minimum atomic E-state index is 0.802. The van der Waals surface area contributed by atoms with E-state index in [0.717, 1.165) is 6.54 Å². The second-order valence-electron chi connectivity index (χ2n) is 4.17. The predicted molar refractivity (Wildman–Crippen MR) is 64.9 cm³/mol. The molecule has 0 saturated heterocycles. The van der Waals surface area contributed by atoms with Crippen LogP contribution in [-0.4, -0.2) is 14.5 Å². The zero-order chi connectivity index (χ0) is 11.7. The molecule has 2 aromatic rings. The summed E-state index contributed by atoms with van der Waals surface area (Å²) in [6, 6.07) is 4.22. The van der Waals surface area contributed by atoms with Crippen molar-refractivity contribution in [3.63, 3.8) is 0 Å². The molecule has 4 nitrogen and oxygen atoms in total. The van der Waals surface area contributed by atoms with Gasteiger partial charge in [0, 0.05) is 29.7 Å². The lowest BCUT2D eigenvalue weighted by Gasteiger charge is -2.12. The third-order valence-corrected chi connectivity index (χ3v) is 3.04. The van der Waals surface area contributed by atoms with Crippen molar-refractivity contribution in [1.82, 2.24) is 14.5 Å². The molecule has 0 aromatic carbocycles. The molecule has 0 aliphatic carbocycles. The van der Waals surface area contributed by atoms with Gasteiger partial charge in [-0.25, -0.2) is 0 Å². The molecule has 0 unspecified atom stereocenters. The Labute approximate surface area is 95.9 Å². The quantitative estimate of drug-likeness (QED) is 0.853. The van der Waals surface area contributed by atoms with Crippen molar-refractivity contribution in [2.24, 2.45) is 7.05 Å². The summed E-state index contributed by atoms with van der Waals surface area (Å²) in [5.74, 6) is 0. The summed E-state index contributed by atoms with van der Waals surface area (Å²) in [4.78, 5) is 0. The van der Waals surface area contributed by atoms with E-state index in [1.807, 2.05) is 17.9 Å². The van der Waals surface area contributed by atoms with Crippen LogP contribution in [0.4, 0.5) is 0 Å². The van der Waals surface area contributed by atoms with Crippen LogP contribution in [0.5, 0.6) is 0 Å². The fourth-order valence-electron chi connectivity index (χ4n) is 1.80. The van der Waals surface area contributed by atoms with Crippen molar-refractivity contribution in [2.45, 2.75) is 27.3 Å². The standard InChI is InChI=1S/C12H18N4/c1-9-5-6-10(2)16(9)14-8-12-7-13-15(4)11(12)3/h5-7,14H,8H2,1-4H3. The second kappa shape index (κ2) is 4.04. The summed E-state index contributed by atoms with van der Waals surface area (Å²) in [5, 5.41) is 4.23. The normalized spacial score (nSPS) is 10.8. The van der Waals surface area contributed by atoms with Gasteiger partial charge >= 0.3 is 0 Å². The van der Waals surface area contributed by atoms with Crippen LogP contribution in [0.15, 0.2) is 18.3 Å². The molecule has 0 amide bonds. The Morgan fingerprint density at radius 1 is 1.19 bits per heavy atom. The number of rotatable bonds is 3. The van der Waals surface area contributed by atoms with Gasteiger partial charge in [-0.1, -0.05) is 0 Å². The highest BCUT2D eigenvalue weighted by molar-refractivity contribution is 5.20. The molecule has 0 radical (unpaired) electrons. The molecule has 0 saturated carbocycles. The first-order chi connectivity index (χ1) is 7.59. The van der Waals surface area contributed by atoms with Crippen LogP contribution in [0, 0.1) is 20.8 Å². The van der Waals surface area contributed by atoms with E-state index in [1.54, 1.807) is 0 Å². The fourth-order valence-corrected chi connectivity index (χ4v) is 1.80. The Balaban J connectivity index is 2.11. The zero-order valence-electron chi connectivity index (χ0n) is 10.3. The van der Waals surface area contributed by atoms with E-state index in [4.69, 9.17) is 0 Å². The minimum absolute atomic E-state index is 0.802. The number of nitrogens with zero attached hydrogens (tertiary/aromatic N) is 3. The van der Waals surface area contributed by atoms with E-state index in [0.29, 0.717) is 0 Å². The van der Waals surface area contributed by atoms with Crippen LogP contribution in [0.3, 0.4) is 0 Å². The molecule has 0 fully saturated rings. The predicted octanol–water partition coefficient (Wildman–Crippen LogP) is 1.89. The van der Waals surface area contributed by atoms with Crippen LogP contribution in [0.25, 0.3) is 0 Å². The fraction of sp³-hybridized carbons (Fsp3) is 0.417. The summed E-state index contributed by atoms with van der Waals surface area (Å²) < 4.78 is 4.00. The molecule has 0 spiro atoms. The molecular formula is C12H18N4. The van der Waals surface area contributed by atoms with Crippen LogP contribution >= 0.6 is 0 Å². The molecule has 2 aromatic heterocycles. The highest BCUT2D eigenvalue weighted by atomic mass is 15.4. The van der Waals surface area contributed by atoms with Gasteiger partial charge in [-0.05, 0) is 32.9 Å². The van der Waals surface area contributed by atoms with Crippen LogP contribution in [0.2, 0.25) is 0 Å². The zero-order valence-corrected chi connectivity index (χ0v) is 10.3. The first kappa shape index (κ1) is 10.8. The highest BCUT2D eigenvalue weighted by Gasteiger charge is 2.04. The largest absolute Gasteiger partial charge is 0.321 e. The van der Waals surface area contributed by atoms with Crippen molar-refractivity contribution < 1.29 is 0 Å². The Hall–Kier alpha value is -1.71. The van der Waals surface area contributed by atoms with Crippen molar-refractivity contribution >= 4 is 0 Å². The second-order valence-corrected chi connectivity index (χ2v) is 4.17. The van der Waals surface area contributed by atoms with Crippen LogP contribution < -0.4 is 5.43 Å². The summed E-state index contributed by atoms with van der Waals surface area (Å²) >= 11 is 0. The van der Waals surface area contributed by atoms with Gasteiger partial charge in [0.1, 0.15) is 0 Å². The van der Waals surface area contributed by atoms with E-state index in [9.17, 15) is 0 Å².